The molecule has 0 radical (unpaired) electrons. The molecule has 0 atom stereocenters. The van der Waals surface area contributed by atoms with Crippen LogP contribution in [0.25, 0.3) is 28.1 Å². The van der Waals surface area contributed by atoms with Crippen molar-refractivity contribution < 1.29 is 18.7 Å². The molecule has 1 N–H and O–H groups in total. The van der Waals surface area contributed by atoms with Crippen molar-refractivity contribution in [1.29, 1.82) is 0 Å². The standard InChI is InChI=1S/C32H26FN3O3/c1-20-8-12-24(13-9-20)30-29(32(39-22(3)37)36(35-30)26-18-10-21(2)11-19-26)23-14-16-25(17-15-23)34-31(38)27-6-4-5-7-28(27)33/h4-19H,1-3H3,(H,34,38). The summed E-state index contributed by atoms with van der Waals surface area (Å²) in [7, 11) is 0. The van der Waals surface area contributed by atoms with Crippen molar-refractivity contribution in [3.63, 3.8) is 0 Å². The molecule has 6 nitrogen and oxygen atoms in total. The third-order valence-electron chi connectivity index (χ3n) is 6.24. The SMILES string of the molecule is CC(=O)Oc1c(-c2ccc(NC(=O)c3ccccc3F)cc2)c(-c2ccc(C)cc2)nn1-c1ccc(C)cc1. The average Bonchev–Trinajstić information content (AvgIpc) is 3.28. The van der Waals surface area contributed by atoms with E-state index in [2.05, 4.69) is 5.32 Å². The highest BCUT2D eigenvalue weighted by molar-refractivity contribution is 6.04. The number of aryl methyl sites for hydroxylation is 2. The molecule has 0 unspecified atom stereocenters. The molecule has 1 heterocycles. The molecule has 0 aliphatic carbocycles. The van der Waals surface area contributed by atoms with Gasteiger partial charge in [0.05, 0.1) is 16.8 Å². The van der Waals surface area contributed by atoms with Crippen LogP contribution in [-0.4, -0.2) is 21.7 Å². The van der Waals surface area contributed by atoms with Crippen LogP contribution in [0.2, 0.25) is 0 Å². The molecule has 1 aromatic heterocycles. The molecule has 194 valence electrons. The molecule has 4 aromatic carbocycles. The smallest absolute Gasteiger partial charge is 0.309 e. The van der Waals surface area contributed by atoms with E-state index < -0.39 is 17.7 Å². The normalized spacial score (nSPS) is 10.8. The van der Waals surface area contributed by atoms with Gasteiger partial charge < -0.3 is 10.1 Å². The Hall–Kier alpha value is -5.04. The molecule has 5 aromatic rings. The topological polar surface area (TPSA) is 73.2 Å². The van der Waals surface area contributed by atoms with Gasteiger partial charge in [-0.3, -0.25) is 9.59 Å². The van der Waals surface area contributed by atoms with Crippen molar-refractivity contribution in [3.8, 4) is 34.0 Å². The number of anilines is 1. The second kappa shape index (κ2) is 10.8. The third-order valence-corrected chi connectivity index (χ3v) is 6.24. The maximum Gasteiger partial charge on any atom is 0.309 e. The van der Waals surface area contributed by atoms with E-state index in [0.29, 0.717) is 16.9 Å². The van der Waals surface area contributed by atoms with Crippen molar-refractivity contribution in [2.75, 3.05) is 5.32 Å². The maximum atomic E-state index is 14.1. The Morgan fingerprint density at radius 3 is 2.00 bits per heavy atom. The number of nitrogens with one attached hydrogen (secondary N) is 1. The number of esters is 1. The number of carbonyl (C=O) groups is 2. The van der Waals surface area contributed by atoms with Crippen LogP contribution in [0.5, 0.6) is 5.88 Å². The molecule has 0 bridgehead atoms. The van der Waals surface area contributed by atoms with E-state index in [0.717, 1.165) is 27.9 Å². The summed E-state index contributed by atoms with van der Waals surface area (Å²) in [5.74, 6) is -1.34. The summed E-state index contributed by atoms with van der Waals surface area (Å²) in [5, 5.41) is 7.62. The highest BCUT2D eigenvalue weighted by atomic mass is 19.1. The Bertz CT molecular complexity index is 1660. The molecule has 0 saturated heterocycles. The number of ether oxygens (including phenoxy) is 1. The summed E-state index contributed by atoms with van der Waals surface area (Å²) >= 11 is 0. The lowest BCUT2D eigenvalue weighted by molar-refractivity contribution is -0.132. The van der Waals surface area contributed by atoms with Gasteiger partial charge in [-0.05, 0) is 55.8 Å². The highest BCUT2D eigenvalue weighted by Gasteiger charge is 2.24. The molecule has 0 fully saturated rings. The minimum Gasteiger partial charge on any atom is -0.407 e. The van der Waals surface area contributed by atoms with Crippen LogP contribution < -0.4 is 10.1 Å². The van der Waals surface area contributed by atoms with Gasteiger partial charge in [0.1, 0.15) is 11.5 Å². The van der Waals surface area contributed by atoms with Crippen molar-refractivity contribution in [1.82, 2.24) is 9.78 Å². The van der Waals surface area contributed by atoms with Crippen LogP contribution >= 0.6 is 0 Å². The first-order valence-corrected chi connectivity index (χ1v) is 12.4. The lowest BCUT2D eigenvalue weighted by atomic mass is 10.00. The molecule has 0 aliphatic rings. The van der Waals surface area contributed by atoms with Gasteiger partial charge in [0, 0.05) is 18.2 Å². The predicted octanol–water partition coefficient (Wildman–Crippen LogP) is 7.14. The zero-order valence-corrected chi connectivity index (χ0v) is 21.7. The van der Waals surface area contributed by atoms with E-state index in [1.807, 2.05) is 62.4 Å². The summed E-state index contributed by atoms with van der Waals surface area (Å²) in [4.78, 5) is 24.8. The molecular weight excluding hydrogens is 493 g/mol. The zero-order valence-electron chi connectivity index (χ0n) is 21.7. The lowest BCUT2D eigenvalue weighted by Crippen LogP contribution is -2.13. The molecule has 5 rings (SSSR count). The maximum absolute atomic E-state index is 14.1. The highest BCUT2D eigenvalue weighted by Crippen LogP contribution is 2.41. The largest absolute Gasteiger partial charge is 0.407 e. The molecule has 0 saturated carbocycles. The number of hydrogen-bond acceptors (Lipinski definition) is 4. The van der Waals surface area contributed by atoms with Gasteiger partial charge in [-0.25, -0.2) is 4.39 Å². The first kappa shape index (κ1) is 25.6. The van der Waals surface area contributed by atoms with Crippen molar-refractivity contribution in [2.24, 2.45) is 0 Å². The molecule has 0 aliphatic heterocycles. The van der Waals surface area contributed by atoms with E-state index in [4.69, 9.17) is 9.84 Å². The number of aromatic nitrogens is 2. The zero-order chi connectivity index (χ0) is 27.5. The number of amides is 1. The first-order valence-electron chi connectivity index (χ1n) is 12.4. The second-order valence-corrected chi connectivity index (χ2v) is 9.25. The van der Waals surface area contributed by atoms with Crippen molar-refractivity contribution in [2.45, 2.75) is 20.8 Å². The van der Waals surface area contributed by atoms with E-state index in [9.17, 15) is 14.0 Å². The van der Waals surface area contributed by atoms with Crippen LogP contribution in [0.4, 0.5) is 10.1 Å². The number of rotatable bonds is 6. The van der Waals surface area contributed by atoms with Crippen molar-refractivity contribution >= 4 is 17.6 Å². The van der Waals surface area contributed by atoms with Crippen LogP contribution in [0.15, 0.2) is 97.1 Å². The minimum absolute atomic E-state index is 0.0419. The van der Waals surface area contributed by atoms with E-state index in [1.54, 1.807) is 35.0 Å². The number of halogens is 1. The summed E-state index contributed by atoms with van der Waals surface area (Å²) in [6.45, 7) is 5.35. The Balaban J connectivity index is 1.61. The van der Waals surface area contributed by atoms with Crippen molar-refractivity contribution in [3.05, 3.63) is 120 Å². The van der Waals surface area contributed by atoms with E-state index in [-0.39, 0.29) is 11.4 Å². The fraction of sp³-hybridized carbons (Fsp3) is 0.0938. The van der Waals surface area contributed by atoms with E-state index >= 15 is 0 Å². The van der Waals surface area contributed by atoms with Gasteiger partial charge in [-0.1, -0.05) is 71.8 Å². The lowest BCUT2D eigenvalue weighted by Gasteiger charge is -2.11. The van der Waals surface area contributed by atoms with Crippen LogP contribution in [0.3, 0.4) is 0 Å². The van der Waals surface area contributed by atoms with Gasteiger partial charge in [-0.2, -0.15) is 9.78 Å². The monoisotopic (exact) mass is 519 g/mol. The van der Waals surface area contributed by atoms with Gasteiger partial charge >= 0.3 is 5.97 Å². The number of nitrogens with zero attached hydrogens (tertiary/aromatic N) is 2. The Morgan fingerprint density at radius 2 is 1.38 bits per heavy atom. The molecule has 1 amide bonds. The Morgan fingerprint density at radius 1 is 0.795 bits per heavy atom. The van der Waals surface area contributed by atoms with Gasteiger partial charge in [0.15, 0.2) is 0 Å². The average molecular weight is 520 g/mol. The van der Waals surface area contributed by atoms with Gasteiger partial charge in [-0.15, -0.1) is 0 Å². The third kappa shape index (κ3) is 5.48. The summed E-state index contributed by atoms with van der Waals surface area (Å²) in [5.41, 5.74) is 6.22. The van der Waals surface area contributed by atoms with Crippen LogP contribution in [0.1, 0.15) is 28.4 Å². The fourth-order valence-electron chi connectivity index (χ4n) is 4.23. The molecular formula is C32H26FN3O3. The number of carbonyl (C=O) groups excluding carboxylic acids is 2. The Kier molecular flexibility index (Phi) is 7.06. The van der Waals surface area contributed by atoms with Crippen LogP contribution in [-0.2, 0) is 4.79 Å². The number of hydrogen-bond donors (Lipinski definition) is 1. The molecule has 0 spiro atoms. The van der Waals surface area contributed by atoms with E-state index in [1.165, 1.54) is 25.1 Å². The first-order chi connectivity index (χ1) is 18.8. The predicted molar refractivity (Wildman–Crippen MR) is 150 cm³/mol. The quantitative estimate of drug-likeness (QED) is 0.242. The summed E-state index contributed by atoms with van der Waals surface area (Å²) in [6, 6.07) is 28.6. The summed E-state index contributed by atoms with van der Waals surface area (Å²) < 4.78 is 21.4. The molecule has 7 heteroatoms. The van der Waals surface area contributed by atoms with Gasteiger partial charge in [0.2, 0.25) is 5.88 Å². The number of benzene rings is 4. The van der Waals surface area contributed by atoms with Crippen LogP contribution in [0, 0.1) is 19.7 Å². The fourth-order valence-corrected chi connectivity index (χ4v) is 4.23. The Labute approximate surface area is 225 Å². The minimum atomic E-state index is -0.594. The van der Waals surface area contributed by atoms with Gasteiger partial charge in [0.25, 0.3) is 5.91 Å². The second-order valence-electron chi connectivity index (χ2n) is 9.25. The molecule has 39 heavy (non-hydrogen) atoms. The summed E-state index contributed by atoms with van der Waals surface area (Å²) in [6.07, 6.45) is 0.